The first-order valence-corrected chi connectivity index (χ1v) is 11.3. The van der Waals surface area contributed by atoms with E-state index in [9.17, 15) is 18.0 Å². The average Bonchev–Trinajstić information content (AvgIpc) is 3.23. The van der Waals surface area contributed by atoms with E-state index >= 15 is 0 Å². The molecule has 32 heavy (non-hydrogen) atoms. The van der Waals surface area contributed by atoms with Crippen molar-refractivity contribution in [1.82, 2.24) is 0 Å². The second-order valence-electron chi connectivity index (χ2n) is 7.13. The lowest BCUT2D eigenvalue weighted by Crippen LogP contribution is -2.29. The molecule has 3 aromatic carbocycles. The van der Waals surface area contributed by atoms with Crippen LogP contribution >= 0.6 is 0 Å². The van der Waals surface area contributed by atoms with Crippen LogP contribution < -0.4 is 14.9 Å². The van der Waals surface area contributed by atoms with Crippen molar-refractivity contribution in [3.63, 3.8) is 0 Å². The molecular weight excluding hydrogens is 430 g/mol. The molecule has 3 aromatic rings. The molecule has 164 valence electrons. The molecule has 1 heterocycles. The van der Waals surface area contributed by atoms with Gasteiger partial charge in [-0.15, -0.1) is 0 Å². The first-order valence-electron chi connectivity index (χ1n) is 9.85. The predicted molar refractivity (Wildman–Crippen MR) is 122 cm³/mol. The van der Waals surface area contributed by atoms with Gasteiger partial charge in [0.25, 0.3) is 10.0 Å². The number of hydrogen-bond acceptors (Lipinski definition) is 5. The quantitative estimate of drug-likeness (QED) is 0.573. The van der Waals surface area contributed by atoms with E-state index in [-0.39, 0.29) is 4.90 Å². The van der Waals surface area contributed by atoms with Gasteiger partial charge in [0.1, 0.15) is 0 Å². The van der Waals surface area contributed by atoms with Gasteiger partial charge in [-0.1, -0.05) is 18.2 Å². The van der Waals surface area contributed by atoms with Gasteiger partial charge >= 0.3 is 12.0 Å². The molecule has 4 rings (SSSR count). The van der Waals surface area contributed by atoms with E-state index < -0.39 is 22.0 Å². The van der Waals surface area contributed by atoms with Crippen LogP contribution in [0.15, 0.2) is 77.7 Å². The van der Waals surface area contributed by atoms with Crippen LogP contribution in [0.2, 0.25) is 0 Å². The second-order valence-corrected chi connectivity index (χ2v) is 8.99. The van der Waals surface area contributed by atoms with E-state index in [1.54, 1.807) is 72.8 Å². The highest BCUT2D eigenvalue weighted by Gasteiger charge is 2.30. The van der Waals surface area contributed by atoms with Crippen molar-refractivity contribution in [3.8, 4) is 0 Å². The van der Waals surface area contributed by atoms with Gasteiger partial charge in [-0.3, -0.25) is 4.31 Å². The summed E-state index contributed by atoms with van der Waals surface area (Å²) in [5.41, 5.74) is 2.89. The van der Waals surface area contributed by atoms with Crippen LogP contribution in [0.5, 0.6) is 0 Å². The van der Waals surface area contributed by atoms with Crippen LogP contribution in [0.3, 0.4) is 0 Å². The first-order chi connectivity index (χ1) is 15.4. The molecule has 0 aliphatic carbocycles. The summed E-state index contributed by atoms with van der Waals surface area (Å²) < 4.78 is 32.0. The van der Waals surface area contributed by atoms with E-state index in [4.69, 9.17) is 0 Å². The molecule has 8 nitrogen and oxygen atoms in total. The maximum Gasteiger partial charge on any atom is 0.337 e. The molecular formula is C23H21N3O5S. The molecule has 0 saturated heterocycles. The van der Waals surface area contributed by atoms with Gasteiger partial charge in [-0.05, 0) is 66.6 Å². The second kappa shape index (κ2) is 8.72. The van der Waals surface area contributed by atoms with Crippen molar-refractivity contribution in [2.45, 2.75) is 11.3 Å². The summed E-state index contributed by atoms with van der Waals surface area (Å²) >= 11 is 0. The van der Waals surface area contributed by atoms with Gasteiger partial charge in [0.05, 0.1) is 23.3 Å². The molecule has 1 aliphatic rings. The fourth-order valence-electron chi connectivity index (χ4n) is 3.52. The maximum atomic E-state index is 13.0. The number of rotatable bonds is 5. The number of fused-ring (bicyclic) bond motifs is 1. The number of benzene rings is 3. The van der Waals surface area contributed by atoms with Gasteiger partial charge in [0.15, 0.2) is 0 Å². The zero-order valence-corrected chi connectivity index (χ0v) is 18.1. The van der Waals surface area contributed by atoms with Gasteiger partial charge in [0, 0.05) is 17.9 Å². The lowest BCUT2D eigenvalue weighted by Gasteiger charge is -2.19. The van der Waals surface area contributed by atoms with Crippen LogP contribution in [0.25, 0.3) is 0 Å². The Morgan fingerprint density at radius 3 is 2.25 bits per heavy atom. The number of ether oxygens (including phenoxy) is 1. The fraction of sp³-hybridized carbons (Fsp3) is 0.130. The fourth-order valence-corrected chi connectivity index (χ4v) is 5.04. The monoisotopic (exact) mass is 451 g/mol. The summed E-state index contributed by atoms with van der Waals surface area (Å²) in [5, 5.41) is 5.43. The van der Waals surface area contributed by atoms with E-state index in [1.807, 2.05) is 0 Å². The molecule has 1 aliphatic heterocycles. The minimum atomic E-state index is -3.64. The highest BCUT2D eigenvalue weighted by Crippen LogP contribution is 2.34. The highest BCUT2D eigenvalue weighted by atomic mass is 32.2. The molecule has 0 unspecified atom stereocenters. The Morgan fingerprint density at radius 1 is 0.906 bits per heavy atom. The smallest absolute Gasteiger partial charge is 0.337 e. The minimum absolute atomic E-state index is 0.243. The normalized spacial score (nSPS) is 12.7. The molecule has 9 heteroatoms. The Hall–Kier alpha value is -3.85. The van der Waals surface area contributed by atoms with E-state index in [0.29, 0.717) is 35.6 Å². The molecule has 0 radical (unpaired) electrons. The number of nitrogens with one attached hydrogen (secondary N) is 2. The molecule has 2 amide bonds. The number of carbonyl (C=O) groups excluding carboxylic acids is 2. The van der Waals surface area contributed by atoms with E-state index in [1.165, 1.54) is 11.4 Å². The maximum absolute atomic E-state index is 13.0. The van der Waals surface area contributed by atoms with Crippen molar-refractivity contribution < 1.29 is 22.7 Å². The van der Waals surface area contributed by atoms with Crippen LogP contribution in [-0.4, -0.2) is 34.1 Å². The summed E-state index contributed by atoms with van der Waals surface area (Å²) in [6.45, 7) is 0.342. The van der Waals surface area contributed by atoms with Gasteiger partial charge in [-0.25, -0.2) is 18.0 Å². The molecule has 0 atom stereocenters. The van der Waals surface area contributed by atoms with E-state index in [0.717, 1.165) is 5.56 Å². The Bertz CT molecular complexity index is 1260. The number of methoxy groups -OCH3 is 1. The standard InChI is InChI=1S/C23H21N3O5S/c1-31-22(27)16-7-9-18(10-8-16)24-23(28)25-19-11-12-21-17(15-19)13-14-26(21)32(29,30)20-5-3-2-4-6-20/h2-12,15H,13-14H2,1H3,(H2,24,25,28). The lowest BCUT2D eigenvalue weighted by atomic mass is 10.1. The number of sulfonamides is 1. The van der Waals surface area contributed by atoms with Crippen LogP contribution in [0, 0.1) is 0 Å². The summed E-state index contributed by atoms with van der Waals surface area (Å²) in [7, 11) is -2.34. The number of nitrogens with zero attached hydrogens (tertiary/aromatic N) is 1. The summed E-state index contributed by atoms with van der Waals surface area (Å²) in [4.78, 5) is 24.1. The number of carbonyl (C=O) groups is 2. The van der Waals surface area contributed by atoms with Crippen LogP contribution in [0.1, 0.15) is 15.9 Å². The third kappa shape index (κ3) is 4.28. The molecule has 0 fully saturated rings. The van der Waals surface area contributed by atoms with Crippen LogP contribution in [0.4, 0.5) is 21.9 Å². The zero-order chi connectivity index (χ0) is 22.7. The minimum Gasteiger partial charge on any atom is -0.465 e. The molecule has 0 spiro atoms. The molecule has 2 N–H and O–H groups in total. The van der Waals surface area contributed by atoms with Crippen molar-refractivity contribution >= 4 is 39.1 Å². The number of urea groups is 1. The first kappa shape index (κ1) is 21.4. The Balaban J connectivity index is 1.45. The van der Waals surface area contributed by atoms with E-state index in [2.05, 4.69) is 15.4 Å². The van der Waals surface area contributed by atoms with Gasteiger partial charge in [-0.2, -0.15) is 0 Å². The number of amides is 2. The van der Waals surface area contributed by atoms with Gasteiger partial charge < -0.3 is 15.4 Å². The zero-order valence-electron chi connectivity index (χ0n) is 17.2. The summed E-state index contributed by atoms with van der Waals surface area (Å²) in [6, 6.07) is 19.3. The summed E-state index contributed by atoms with van der Waals surface area (Å²) in [5.74, 6) is -0.456. The number of anilines is 3. The largest absolute Gasteiger partial charge is 0.465 e. The number of esters is 1. The van der Waals surface area contributed by atoms with Crippen molar-refractivity contribution in [1.29, 1.82) is 0 Å². The molecule has 0 aromatic heterocycles. The predicted octanol–water partition coefficient (Wildman–Crippen LogP) is 3.87. The highest BCUT2D eigenvalue weighted by molar-refractivity contribution is 7.92. The Labute approximate surface area is 185 Å². The Morgan fingerprint density at radius 2 is 1.56 bits per heavy atom. The van der Waals surface area contributed by atoms with Crippen LogP contribution in [-0.2, 0) is 21.2 Å². The SMILES string of the molecule is COC(=O)c1ccc(NC(=O)Nc2ccc3c(c2)CCN3S(=O)(=O)c2ccccc2)cc1. The lowest BCUT2D eigenvalue weighted by molar-refractivity contribution is 0.0600. The third-order valence-corrected chi connectivity index (χ3v) is 6.91. The van der Waals surface area contributed by atoms with Gasteiger partial charge in [0.2, 0.25) is 0 Å². The molecule has 0 bridgehead atoms. The molecule has 0 saturated carbocycles. The number of hydrogen-bond donors (Lipinski definition) is 2. The topological polar surface area (TPSA) is 105 Å². The van der Waals surface area contributed by atoms with Crippen molar-refractivity contribution in [2.24, 2.45) is 0 Å². The Kier molecular flexibility index (Phi) is 5.83. The summed E-state index contributed by atoms with van der Waals surface area (Å²) in [6.07, 6.45) is 0.549. The average molecular weight is 452 g/mol. The van der Waals surface area contributed by atoms with Crippen molar-refractivity contribution in [3.05, 3.63) is 83.9 Å². The van der Waals surface area contributed by atoms with Crippen molar-refractivity contribution in [2.75, 3.05) is 28.6 Å². The third-order valence-electron chi connectivity index (χ3n) is 5.09.